The van der Waals surface area contributed by atoms with Gasteiger partial charge in [0, 0.05) is 12.1 Å². The summed E-state index contributed by atoms with van der Waals surface area (Å²) in [5, 5.41) is 16.4. The van der Waals surface area contributed by atoms with Gasteiger partial charge in [-0.1, -0.05) is 30.3 Å². The zero-order chi connectivity index (χ0) is 20.9. The minimum Gasteiger partial charge on any atom is -0.504 e. The molecule has 0 saturated heterocycles. The molecule has 7 nitrogen and oxygen atoms in total. The lowest BCUT2D eigenvalue weighted by Gasteiger charge is -2.10. The summed E-state index contributed by atoms with van der Waals surface area (Å²) >= 11 is 5.35. The number of phenolic OH excluding ortho intramolecular Hbond substituents is 1. The van der Waals surface area contributed by atoms with E-state index >= 15 is 0 Å². The van der Waals surface area contributed by atoms with Gasteiger partial charge in [0.25, 0.3) is 0 Å². The van der Waals surface area contributed by atoms with Crippen molar-refractivity contribution in [1.29, 1.82) is 0 Å². The minimum atomic E-state index is 0.0739. The summed E-state index contributed by atoms with van der Waals surface area (Å²) in [6.07, 6.45) is 1.61. The molecule has 4 aromatic rings. The van der Waals surface area contributed by atoms with Crippen LogP contribution >= 0.6 is 12.2 Å². The highest BCUT2D eigenvalue weighted by atomic mass is 32.1. The van der Waals surface area contributed by atoms with Gasteiger partial charge in [0.15, 0.2) is 28.1 Å². The second-order valence-electron chi connectivity index (χ2n) is 6.47. The molecule has 4 rings (SSSR count). The zero-order valence-corrected chi connectivity index (χ0v) is 17.0. The van der Waals surface area contributed by atoms with E-state index in [4.69, 9.17) is 17.0 Å². The second-order valence-corrected chi connectivity index (χ2v) is 6.88. The van der Waals surface area contributed by atoms with Gasteiger partial charge in [-0.05, 0) is 48.1 Å². The Labute approximate surface area is 178 Å². The van der Waals surface area contributed by atoms with Gasteiger partial charge in [0.1, 0.15) is 5.52 Å². The number of nitrogens with one attached hydrogen (secondary N) is 2. The van der Waals surface area contributed by atoms with Crippen LogP contribution in [0.1, 0.15) is 5.56 Å². The normalized spacial score (nSPS) is 10.6. The van der Waals surface area contributed by atoms with E-state index in [-0.39, 0.29) is 5.75 Å². The lowest BCUT2D eigenvalue weighted by molar-refractivity contribution is 0.373. The fourth-order valence-electron chi connectivity index (χ4n) is 2.89. The van der Waals surface area contributed by atoms with E-state index in [2.05, 4.69) is 25.6 Å². The summed E-state index contributed by atoms with van der Waals surface area (Å²) in [5.41, 5.74) is 3.76. The van der Waals surface area contributed by atoms with Gasteiger partial charge >= 0.3 is 0 Å². The fourth-order valence-corrected chi connectivity index (χ4v) is 3.07. The molecule has 30 heavy (non-hydrogen) atoms. The van der Waals surface area contributed by atoms with E-state index in [9.17, 15) is 5.11 Å². The highest BCUT2D eigenvalue weighted by Gasteiger charge is 2.09. The molecular formula is C22H19N5O2S. The summed E-state index contributed by atoms with van der Waals surface area (Å²) < 4.78 is 5.18. The van der Waals surface area contributed by atoms with Crippen molar-refractivity contribution < 1.29 is 9.84 Å². The monoisotopic (exact) mass is 417 g/mol. The first-order valence-corrected chi connectivity index (χ1v) is 9.63. The maximum atomic E-state index is 9.80. The second kappa shape index (κ2) is 8.71. The molecule has 0 radical (unpaired) electrons. The molecule has 0 aliphatic rings. The van der Waals surface area contributed by atoms with Crippen molar-refractivity contribution >= 4 is 34.3 Å². The number of nitrogens with zero attached hydrogens (tertiary/aromatic N) is 3. The Morgan fingerprint density at radius 3 is 2.70 bits per heavy atom. The zero-order valence-electron chi connectivity index (χ0n) is 16.2. The number of ether oxygens (including phenoxy) is 1. The molecule has 3 N–H and O–H groups in total. The van der Waals surface area contributed by atoms with Crippen molar-refractivity contribution in [3.05, 3.63) is 72.4 Å². The topological polar surface area (TPSA) is 92.2 Å². The van der Waals surface area contributed by atoms with Crippen LogP contribution in [0, 0.1) is 0 Å². The third-order valence-corrected chi connectivity index (χ3v) is 4.67. The molecule has 2 aromatic carbocycles. The molecule has 0 aliphatic carbocycles. The van der Waals surface area contributed by atoms with E-state index < -0.39 is 0 Å². The maximum Gasteiger partial charge on any atom is 0.180 e. The summed E-state index contributed by atoms with van der Waals surface area (Å²) in [5.74, 6) is 0.955. The van der Waals surface area contributed by atoms with Crippen molar-refractivity contribution in [2.75, 3.05) is 12.4 Å². The van der Waals surface area contributed by atoms with Crippen LogP contribution in [-0.4, -0.2) is 32.3 Å². The Hall–Kier alpha value is -3.78. The average Bonchev–Trinajstić information content (AvgIpc) is 2.78. The summed E-state index contributed by atoms with van der Waals surface area (Å²) in [6.45, 7) is 0.610. The van der Waals surface area contributed by atoms with E-state index in [1.165, 1.54) is 7.11 Å². The highest BCUT2D eigenvalue weighted by molar-refractivity contribution is 7.80. The van der Waals surface area contributed by atoms with Gasteiger partial charge in [-0.15, -0.1) is 0 Å². The number of fused-ring (bicyclic) bond motifs is 1. The Morgan fingerprint density at radius 1 is 1.07 bits per heavy atom. The lowest BCUT2D eigenvalue weighted by Crippen LogP contribution is -2.28. The number of thiocarbonyl (C=S) groups is 1. The van der Waals surface area contributed by atoms with Crippen LogP contribution in [0.5, 0.6) is 11.5 Å². The SMILES string of the molecule is COc1cc(-c2ccc3ncc(NC(=S)NCc4ccccc4)nc3n2)ccc1O. The Morgan fingerprint density at radius 2 is 1.90 bits per heavy atom. The van der Waals surface area contributed by atoms with Gasteiger partial charge in [-0.2, -0.15) is 0 Å². The number of aromatic nitrogens is 3. The van der Waals surface area contributed by atoms with Gasteiger partial charge in [0.05, 0.1) is 19.0 Å². The molecule has 2 heterocycles. The number of rotatable bonds is 5. The van der Waals surface area contributed by atoms with E-state index in [0.29, 0.717) is 40.1 Å². The van der Waals surface area contributed by atoms with E-state index in [0.717, 1.165) is 11.1 Å². The van der Waals surface area contributed by atoms with Gasteiger partial charge < -0.3 is 20.5 Å². The molecule has 150 valence electrons. The molecule has 2 aromatic heterocycles. The lowest BCUT2D eigenvalue weighted by atomic mass is 10.1. The number of pyridine rings is 1. The molecular weight excluding hydrogens is 398 g/mol. The van der Waals surface area contributed by atoms with Crippen LogP contribution in [0.4, 0.5) is 5.82 Å². The van der Waals surface area contributed by atoms with Crippen LogP contribution in [0.3, 0.4) is 0 Å². The number of benzene rings is 2. The Kier molecular flexibility index (Phi) is 5.67. The van der Waals surface area contributed by atoms with Crippen molar-refractivity contribution in [3.63, 3.8) is 0 Å². The van der Waals surface area contributed by atoms with Crippen molar-refractivity contribution in [3.8, 4) is 22.8 Å². The van der Waals surface area contributed by atoms with Crippen LogP contribution in [0.2, 0.25) is 0 Å². The largest absolute Gasteiger partial charge is 0.504 e. The molecule has 0 aliphatic heterocycles. The predicted octanol–water partition coefficient (Wildman–Crippen LogP) is 3.89. The first kappa shape index (κ1) is 19.5. The third kappa shape index (κ3) is 4.44. The standard InChI is InChI=1S/C22H19N5O2S/c1-29-19-11-15(7-10-18(19)28)16-8-9-17-21(25-16)26-20(13-23-17)27-22(30)24-12-14-5-3-2-4-6-14/h2-11,13,28H,12H2,1H3,(H2,24,25,26,27,30). The first-order valence-electron chi connectivity index (χ1n) is 9.22. The van der Waals surface area contributed by atoms with Crippen LogP contribution in [0.15, 0.2) is 66.9 Å². The summed E-state index contributed by atoms with van der Waals surface area (Å²) in [7, 11) is 1.50. The summed E-state index contributed by atoms with van der Waals surface area (Å²) in [6, 6.07) is 18.7. The number of hydrogen-bond donors (Lipinski definition) is 3. The molecule has 0 saturated carbocycles. The molecule has 0 spiro atoms. The Balaban J connectivity index is 1.52. The number of hydrogen-bond acceptors (Lipinski definition) is 6. The number of methoxy groups -OCH3 is 1. The molecule has 0 fully saturated rings. The van der Waals surface area contributed by atoms with Crippen LogP contribution in [0.25, 0.3) is 22.4 Å². The van der Waals surface area contributed by atoms with Gasteiger partial charge in [-0.25, -0.2) is 15.0 Å². The molecule has 0 unspecified atom stereocenters. The third-order valence-electron chi connectivity index (χ3n) is 4.42. The number of anilines is 1. The van der Waals surface area contributed by atoms with Crippen molar-refractivity contribution in [2.24, 2.45) is 0 Å². The van der Waals surface area contributed by atoms with E-state index in [1.54, 1.807) is 24.4 Å². The van der Waals surface area contributed by atoms with Crippen molar-refractivity contribution in [2.45, 2.75) is 6.54 Å². The number of aromatic hydroxyl groups is 1. The first-order chi connectivity index (χ1) is 14.6. The quantitative estimate of drug-likeness (QED) is 0.421. The number of phenols is 1. The molecule has 0 amide bonds. The molecule has 8 heteroatoms. The highest BCUT2D eigenvalue weighted by Crippen LogP contribution is 2.31. The fraction of sp³-hybridized carbons (Fsp3) is 0.0909. The minimum absolute atomic E-state index is 0.0739. The van der Waals surface area contributed by atoms with Crippen molar-refractivity contribution in [1.82, 2.24) is 20.3 Å². The Bertz CT molecular complexity index is 1200. The molecule has 0 bridgehead atoms. The van der Waals surface area contributed by atoms with Gasteiger partial charge in [0.2, 0.25) is 0 Å². The predicted molar refractivity (Wildman–Crippen MR) is 120 cm³/mol. The maximum absolute atomic E-state index is 9.80. The van der Waals surface area contributed by atoms with Crippen LogP contribution < -0.4 is 15.4 Å². The summed E-state index contributed by atoms with van der Waals surface area (Å²) in [4.78, 5) is 13.5. The average molecular weight is 417 g/mol. The van der Waals surface area contributed by atoms with E-state index in [1.807, 2.05) is 42.5 Å². The van der Waals surface area contributed by atoms with Gasteiger partial charge in [-0.3, -0.25) is 0 Å². The smallest absolute Gasteiger partial charge is 0.180 e. The van der Waals surface area contributed by atoms with Crippen LogP contribution in [-0.2, 0) is 6.54 Å². The molecule has 0 atom stereocenters.